The van der Waals surface area contributed by atoms with Gasteiger partial charge in [0.15, 0.2) is 0 Å². The predicted octanol–water partition coefficient (Wildman–Crippen LogP) is 0.325. The minimum absolute atomic E-state index is 0.101. The molecule has 1 atom stereocenters. The molecule has 0 amide bonds. The number of likely N-dealkylation sites (N-methyl/N-ethyl adjacent to an activating group) is 1. The van der Waals surface area contributed by atoms with E-state index in [2.05, 4.69) is 10.6 Å². The van der Waals surface area contributed by atoms with E-state index in [4.69, 9.17) is 10.5 Å². The molecule has 0 spiro atoms. The Morgan fingerprint density at radius 3 is 2.74 bits per heavy atom. The maximum atomic E-state index is 11.3. The van der Waals surface area contributed by atoms with Crippen molar-refractivity contribution in [2.75, 3.05) is 27.2 Å². The summed E-state index contributed by atoms with van der Waals surface area (Å²) in [6, 6.07) is 0. The van der Waals surface area contributed by atoms with Crippen molar-refractivity contribution < 1.29 is 9.66 Å². The van der Waals surface area contributed by atoms with Gasteiger partial charge in [-0.3, -0.25) is 10.1 Å². The number of nitrogens with two attached hydrogens (primary N) is 1. The molecule has 1 aliphatic carbocycles. The van der Waals surface area contributed by atoms with E-state index in [0.29, 0.717) is 30.8 Å². The average molecular weight is 270 g/mol. The van der Waals surface area contributed by atoms with Crippen molar-refractivity contribution in [2.45, 2.75) is 25.3 Å². The fourth-order valence-electron chi connectivity index (χ4n) is 2.26. The molecule has 1 unspecified atom stereocenters. The lowest BCUT2D eigenvalue weighted by Gasteiger charge is -2.34. The van der Waals surface area contributed by atoms with Crippen molar-refractivity contribution in [1.29, 1.82) is 0 Å². The van der Waals surface area contributed by atoms with E-state index in [9.17, 15) is 10.1 Å². The second kappa shape index (κ2) is 6.53. The number of nitrogens with one attached hydrogen (secondary N) is 2. The maximum Gasteiger partial charge on any atom is 0.268 e. The molecule has 0 saturated carbocycles. The molecule has 1 aliphatic rings. The van der Waals surface area contributed by atoms with E-state index in [1.807, 2.05) is 14.0 Å². The highest BCUT2D eigenvalue weighted by Gasteiger charge is 2.44. The molecule has 0 aromatic heterocycles. The third-order valence-electron chi connectivity index (χ3n) is 3.45. The van der Waals surface area contributed by atoms with Crippen LogP contribution in [-0.2, 0) is 4.74 Å². The first-order chi connectivity index (χ1) is 9.00. The quantitative estimate of drug-likeness (QED) is 0.350. The van der Waals surface area contributed by atoms with E-state index in [1.54, 1.807) is 0 Å². The van der Waals surface area contributed by atoms with Gasteiger partial charge in [0, 0.05) is 25.6 Å². The molecule has 0 aromatic carbocycles. The summed E-state index contributed by atoms with van der Waals surface area (Å²) in [4.78, 5) is 10.9. The van der Waals surface area contributed by atoms with E-state index in [-0.39, 0.29) is 10.6 Å². The number of hydrogen-bond donors (Lipinski definition) is 3. The molecule has 19 heavy (non-hydrogen) atoms. The van der Waals surface area contributed by atoms with Crippen molar-refractivity contribution >= 4 is 0 Å². The Morgan fingerprint density at radius 2 is 2.26 bits per heavy atom. The normalized spacial score (nSPS) is 23.2. The summed E-state index contributed by atoms with van der Waals surface area (Å²) in [6.45, 7) is 3.28. The fourth-order valence-corrected chi connectivity index (χ4v) is 2.26. The lowest BCUT2D eigenvalue weighted by Crippen LogP contribution is -2.52. The van der Waals surface area contributed by atoms with Gasteiger partial charge in [-0.1, -0.05) is 6.92 Å². The summed E-state index contributed by atoms with van der Waals surface area (Å²) in [6.07, 6.45) is 2.38. The summed E-state index contributed by atoms with van der Waals surface area (Å²) < 4.78 is 5.23. The standard InChI is InChI=1S/C12H22N4O3/c1-4-12(15-6-5-14-2)8-10(19-3)9(13)7-11(12)16(17)18/h7,14-15H,4-6,8,13H2,1-3H3. The molecule has 0 bridgehead atoms. The maximum absolute atomic E-state index is 11.3. The van der Waals surface area contributed by atoms with Crippen LogP contribution in [-0.4, -0.2) is 37.7 Å². The van der Waals surface area contributed by atoms with Crippen LogP contribution in [0.25, 0.3) is 0 Å². The van der Waals surface area contributed by atoms with Gasteiger partial charge < -0.3 is 21.1 Å². The first-order valence-corrected chi connectivity index (χ1v) is 6.29. The molecular weight excluding hydrogens is 248 g/mol. The van der Waals surface area contributed by atoms with Crippen molar-refractivity contribution in [2.24, 2.45) is 5.73 Å². The van der Waals surface area contributed by atoms with Crippen LogP contribution >= 0.6 is 0 Å². The lowest BCUT2D eigenvalue weighted by atomic mass is 9.83. The van der Waals surface area contributed by atoms with Crippen molar-refractivity contribution in [3.05, 3.63) is 33.3 Å². The highest BCUT2D eigenvalue weighted by atomic mass is 16.6. The number of ether oxygens (including phenoxy) is 1. The Balaban J connectivity index is 3.08. The van der Waals surface area contributed by atoms with Crippen molar-refractivity contribution in [3.63, 3.8) is 0 Å². The van der Waals surface area contributed by atoms with Crippen LogP contribution < -0.4 is 16.4 Å². The van der Waals surface area contributed by atoms with Gasteiger partial charge in [-0.2, -0.15) is 0 Å². The smallest absolute Gasteiger partial charge is 0.268 e. The van der Waals surface area contributed by atoms with Gasteiger partial charge in [-0.05, 0) is 13.5 Å². The molecule has 1 rings (SSSR count). The van der Waals surface area contributed by atoms with Crippen LogP contribution in [0.5, 0.6) is 0 Å². The zero-order valence-electron chi connectivity index (χ0n) is 11.7. The molecule has 0 aliphatic heterocycles. The van der Waals surface area contributed by atoms with Crippen LogP contribution in [0, 0.1) is 10.1 Å². The van der Waals surface area contributed by atoms with Crippen molar-refractivity contribution in [3.8, 4) is 0 Å². The third-order valence-corrected chi connectivity index (χ3v) is 3.45. The van der Waals surface area contributed by atoms with Crippen LogP contribution in [0.3, 0.4) is 0 Å². The second-order valence-corrected chi connectivity index (χ2v) is 4.51. The number of rotatable bonds is 7. The average Bonchev–Trinajstić information content (AvgIpc) is 2.40. The van der Waals surface area contributed by atoms with Crippen LogP contribution in [0.1, 0.15) is 19.8 Å². The number of nitrogens with zero attached hydrogens (tertiary/aromatic N) is 1. The van der Waals surface area contributed by atoms with Gasteiger partial charge in [0.1, 0.15) is 11.3 Å². The predicted molar refractivity (Wildman–Crippen MR) is 72.9 cm³/mol. The van der Waals surface area contributed by atoms with E-state index in [0.717, 1.165) is 6.54 Å². The number of hydrogen-bond acceptors (Lipinski definition) is 6. The highest BCUT2D eigenvalue weighted by molar-refractivity contribution is 5.34. The molecule has 7 nitrogen and oxygen atoms in total. The molecule has 0 aromatic rings. The van der Waals surface area contributed by atoms with Gasteiger partial charge >= 0.3 is 0 Å². The zero-order chi connectivity index (χ0) is 14.5. The summed E-state index contributed by atoms with van der Waals surface area (Å²) in [5, 5.41) is 17.5. The minimum atomic E-state index is -0.728. The largest absolute Gasteiger partial charge is 0.499 e. The molecule has 0 heterocycles. The zero-order valence-corrected chi connectivity index (χ0v) is 11.7. The molecule has 0 saturated heterocycles. The monoisotopic (exact) mass is 270 g/mol. The van der Waals surface area contributed by atoms with Crippen LogP contribution in [0.15, 0.2) is 23.2 Å². The van der Waals surface area contributed by atoms with Gasteiger partial charge in [0.25, 0.3) is 5.70 Å². The Hall–Kier alpha value is -1.60. The van der Waals surface area contributed by atoms with Crippen LogP contribution in [0.4, 0.5) is 0 Å². The Morgan fingerprint density at radius 1 is 1.58 bits per heavy atom. The first kappa shape index (κ1) is 15.5. The Bertz CT molecular complexity index is 406. The summed E-state index contributed by atoms with van der Waals surface area (Å²) in [5.74, 6) is 0.587. The summed E-state index contributed by atoms with van der Waals surface area (Å²) in [5.41, 5.74) is 5.48. The molecular formula is C12H22N4O3. The van der Waals surface area contributed by atoms with Crippen LogP contribution in [0.2, 0.25) is 0 Å². The molecule has 4 N–H and O–H groups in total. The van der Waals surface area contributed by atoms with Crippen molar-refractivity contribution in [1.82, 2.24) is 10.6 Å². The van der Waals surface area contributed by atoms with Gasteiger partial charge in [0.2, 0.25) is 0 Å². The summed E-state index contributed by atoms with van der Waals surface area (Å²) >= 11 is 0. The minimum Gasteiger partial charge on any atom is -0.499 e. The first-order valence-electron chi connectivity index (χ1n) is 6.29. The van der Waals surface area contributed by atoms with Gasteiger partial charge in [-0.25, -0.2) is 0 Å². The third kappa shape index (κ3) is 3.24. The van der Waals surface area contributed by atoms with Gasteiger partial charge in [-0.15, -0.1) is 0 Å². The Kier molecular flexibility index (Phi) is 5.31. The molecule has 0 radical (unpaired) electrons. The highest BCUT2D eigenvalue weighted by Crippen LogP contribution is 2.34. The SMILES string of the molecule is CCC1(NCCNC)CC(OC)=C(N)C=C1[N+](=O)[O-]. The van der Waals surface area contributed by atoms with E-state index < -0.39 is 5.54 Å². The molecule has 7 heteroatoms. The summed E-state index contributed by atoms with van der Waals surface area (Å²) in [7, 11) is 3.37. The molecule has 108 valence electrons. The second-order valence-electron chi connectivity index (χ2n) is 4.51. The van der Waals surface area contributed by atoms with Gasteiger partial charge in [0.05, 0.1) is 17.7 Å². The lowest BCUT2D eigenvalue weighted by molar-refractivity contribution is -0.437. The van der Waals surface area contributed by atoms with E-state index in [1.165, 1.54) is 13.2 Å². The molecule has 0 fully saturated rings. The fraction of sp³-hybridized carbons (Fsp3) is 0.667. The topological polar surface area (TPSA) is 102 Å². The number of allylic oxidation sites excluding steroid dienone is 1. The number of methoxy groups -OCH3 is 1. The van der Waals surface area contributed by atoms with E-state index >= 15 is 0 Å². The number of nitro groups is 1. The Labute approximate surface area is 113 Å².